The second kappa shape index (κ2) is 8.13. The number of nitrogens with zero attached hydrogens (tertiary/aromatic N) is 1. The molecule has 4 nitrogen and oxygen atoms in total. The van der Waals surface area contributed by atoms with E-state index in [1.54, 1.807) is 4.90 Å². The summed E-state index contributed by atoms with van der Waals surface area (Å²) in [6.07, 6.45) is 1.83. The maximum absolute atomic E-state index is 11.8. The van der Waals surface area contributed by atoms with Crippen LogP contribution in [0.25, 0.3) is 0 Å². The first kappa shape index (κ1) is 14.9. The number of carbonyl (C=O) groups excluding carboxylic acids is 2. The lowest BCUT2D eigenvalue weighted by atomic mass is 10.2. The molecule has 2 amide bonds. The SMILES string of the molecule is CCCN(CCC)C(=O)CC(=O)NC(C)C. The summed E-state index contributed by atoms with van der Waals surface area (Å²) < 4.78 is 0. The van der Waals surface area contributed by atoms with Crippen molar-refractivity contribution in [2.24, 2.45) is 0 Å². The van der Waals surface area contributed by atoms with Gasteiger partial charge in [-0.1, -0.05) is 13.8 Å². The van der Waals surface area contributed by atoms with Crippen molar-refractivity contribution in [3.8, 4) is 0 Å². The maximum Gasteiger partial charge on any atom is 0.232 e. The lowest BCUT2D eigenvalue weighted by Crippen LogP contribution is -2.38. The van der Waals surface area contributed by atoms with Crippen LogP contribution in [0.4, 0.5) is 0 Å². The van der Waals surface area contributed by atoms with E-state index < -0.39 is 0 Å². The number of hydrogen-bond donors (Lipinski definition) is 1. The van der Waals surface area contributed by atoms with Crippen LogP contribution < -0.4 is 5.32 Å². The predicted molar refractivity (Wildman–Crippen MR) is 65.1 cm³/mol. The molecule has 0 radical (unpaired) electrons. The van der Waals surface area contributed by atoms with Crippen molar-refractivity contribution in [2.45, 2.75) is 53.0 Å². The zero-order valence-electron chi connectivity index (χ0n) is 10.9. The highest BCUT2D eigenvalue weighted by atomic mass is 16.2. The van der Waals surface area contributed by atoms with Crippen molar-refractivity contribution in [1.82, 2.24) is 10.2 Å². The number of carbonyl (C=O) groups is 2. The summed E-state index contributed by atoms with van der Waals surface area (Å²) in [5.74, 6) is -0.251. The fourth-order valence-electron chi connectivity index (χ4n) is 1.52. The Bertz CT molecular complexity index is 221. The molecular weight excluding hydrogens is 204 g/mol. The van der Waals surface area contributed by atoms with E-state index in [9.17, 15) is 9.59 Å². The van der Waals surface area contributed by atoms with Crippen molar-refractivity contribution in [1.29, 1.82) is 0 Å². The van der Waals surface area contributed by atoms with E-state index in [0.717, 1.165) is 25.9 Å². The minimum absolute atomic E-state index is 0.0296. The summed E-state index contributed by atoms with van der Waals surface area (Å²) in [6.45, 7) is 9.31. The van der Waals surface area contributed by atoms with Crippen molar-refractivity contribution >= 4 is 11.8 Å². The summed E-state index contributed by atoms with van der Waals surface area (Å²) in [5, 5.41) is 2.73. The number of amides is 2. The van der Waals surface area contributed by atoms with Gasteiger partial charge in [0.15, 0.2) is 0 Å². The third-order valence-electron chi connectivity index (χ3n) is 2.10. The summed E-state index contributed by atoms with van der Waals surface area (Å²) in [6, 6.07) is 0.0890. The summed E-state index contributed by atoms with van der Waals surface area (Å²) in [4.78, 5) is 25.0. The third kappa shape index (κ3) is 6.43. The lowest BCUT2D eigenvalue weighted by Gasteiger charge is -2.21. The van der Waals surface area contributed by atoms with Gasteiger partial charge in [0, 0.05) is 19.1 Å². The number of nitrogens with one attached hydrogen (secondary N) is 1. The molecule has 0 aromatic rings. The van der Waals surface area contributed by atoms with Gasteiger partial charge in [-0.15, -0.1) is 0 Å². The van der Waals surface area contributed by atoms with E-state index in [-0.39, 0.29) is 24.3 Å². The molecule has 0 bridgehead atoms. The largest absolute Gasteiger partial charge is 0.353 e. The number of rotatable bonds is 7. The molecule has 0 unspecified atom stereocenters. The minimum atomic E-state index is -0.183. The van der Waals surface area contributed by atoms with Gasteiger partial charge < -0.3 is 10.2 Å². The van der Waals surface area contributed by atoms with Gasteiger partial charge in [-0.3, -0.25) is 9.59 Å². The summed E-state index contributed by atoms with van der Waals surface area (Å²) in [7, 11) is 0. The van der Waals surface area contributed by atoms with E-state index in [4.69, 9.17) is 0 Å². The van der Waals surface area contributed by atoms with Gasteiger partial charge in [-0.05, 0) is 26.7 Å². The van der Waals surface area contributed by atoms with Crippen LogP contribution in [0.15, 0.2) is 0 Å². The molecule has 0 aliphatic heterocycles. The molecule has 0 heterocycles. The molecule has 0 spiro atoms. The topological polar surface area (TPSA) is 49.4 Å². The molecule has 0 aliphatic carbocycles. The van der Waals surface area contributed by atoms with Crippen LogP contribution in [0.5, 0.6) is 0 Å². The van der Waals surface area contributed by atoms with Crippen LogP contribution >= 0.6 is 0 Å². The molecule has 0 saturated heterocycles. The zero-order chi connectivity index (χ0) is 12.6. The average Bonchev–Trinajstić information content (AvgIpc) is 2.15. The molecular formula is C12H24N2O2. The Balaban J connectivity index is 4.13. The second-order valence-corrected chi connectivity index (χ2v) is 4.28. The van der Waals surface area contributed by atoms with Crippen LogP contribution in [0.3, 0.4) is 0 Å². The highest BCUT2D eigenvalue weighted by Crippen LogP contribution is 1.99. The maximum atomic E-state index is 11.8. The Kier molecular flexibility index (Phi) is 7.60. The Labute approximate surface area is 98.4 Å². The Morgan fingerprint density at radius 3 is 2.00 bits per heavy atom. The van der Waals surface area contributed by atoms with Crippen LogP contribution in [-0.2, 0) is 9.59 Å². The first-order chi connectivity index (χ1) is 7.51. The Hall–Kier alpha value is -1.06. The summed E-state index contributed by atoms with van der Waals surface area (Å²) in [5.41, 5.74) is 0. The van der Waals surface area contributed by atoms with Gasteiger partial charge in [0.25, 0.3) is 0 Å². The monoisotopic (exact) mass is 228 g/mol. The van der Waals surface area contributed by atoms with E-state index in [2.05, 4.69) is 5.32 Å². The Morgan fingerprint density at radius 1 is 1.12 bits per heavy atom. The molecule has 16 heavy (non-hydrogen) atoms. The van der Waals surface area contributed by atoms with Gasteiger partial charge in [0.2, 0.25) is 11.8 Å². The number of hydrogen-bond acceptors (Lipinski definition) is 2. The Morgan fingerprint density at radius 2 is 1.62 bits per heavy atom. The van der Waals surface area contributed by atoms with E-state index in [1.807, 2.05) is 27.7 Å². The highest BCUT2D eigenvalue weighted by molar-refractivity contribution is 5.96. The molecule has 0 rings (SSSR count). The van der Waals surface area contributed by atoms with E-state index >= 15 is 0 Å². The molecule has 1 N–H and O–H groups in total. The highest BCUT2D eigenvalue weighted by Gasteiger charge is 2.16. The molecule has 0 fully saturated rings. The van der Waals surface area contributed by atoms with E-state index in [0.29, 0.717) is 0 Å². The van der Waals surface area contributed by atoms with Gasteiger partial charge in [0.05, 0.1) is 0 Å². The van der Waals surface area contributed by atoms with Crippen molar-refractivity contribution in [3.05, 3.63) is 0 Å². The van der Waals surface area contributed by atoms with Crippen LogP contribution in [0, 0.1) is 0 Å². The lowest BCUT2D eigenvalue weighted by molar-refractivity contribution is -0.136. The fraction of sp³-hybridized carbons (Fsp3) is 0.833. The fourth-order valence-corrected chi connectivity index (χ4v) is 1.52. The molecule has 4 heteroatoms. The smallest absolute Gasteiger partial charge is 0.232 e. The molecule has 0 saturated carbocycles. The molecule has 94 valence electrons. The van der Waals surface area contributed by atoms with Gasteiger partial charge >= 0.3 is 0 Å². The zero-order valence-corrected chi connectivity index (χ0v) is 10.9. The van der Waals surface area contributed by atoms with Crippen LogP contribution in [-0.4, -0.2) is 35.8 Å². The average molecular weight is 228 g/mol. The van der Waals surface area contributed by atoms with Crippen molar-refractivity contribution in [2.75, 3.05) is 13.1 Å². The first-order valence-corrected chi connectivity index (χ1v) is 6.08. The van der Waals surface area contributed by atoms with Gasteiger partial charge in [0.1, 0.15) is 6.42 Å². The third-order valence-corrected chi connectivity index (χ3v) is 2.10. The molecule has 0 aromatic carbocycles. The predicted octanol–water partition coefficient (Wildman–Crippen LogP) is 1.55. The van der Waals surface area contributed by atoms with Crippen molar-refractivity contribution in [3.63, 3.8) is 0 Å². The quantitative estimate of drug-likeness (QED) is 0.672. The first-order valence-electron chi connectivity index (χ1n) is 6.08. The summed E-state index contributed by atoms with van der Waals surface area (Å²) >= 11 is 0. The van der Waals surface area contributed by atoms with E-state index in [1.165, 1.54) is 0 Å². The molecule has 0 aromatic heterocycles. The van der Waals surface area contributed by atoms with Gasteiger partial charge in [-0.25, -0.2) is 0 Å². The molecule has 0 aliphatic rings. The second-order valence-electron chi connectivity index (χ2n) is 4.28. The van der Waals surface area contributed by atoms with Crippen LogP contribution in [0.1, 0.15) is 47.0 Å². The normalized spacial score (nSPS) is 10.3. The standard InChI is InChI=1S/C12H24N2O2/c1-5-7-14(8-6-2)12(16)9-11(15)13-10(3)4/h10H,5-9H2,1-4H3,(H,13,15). The van der Waals surface area contributed by atoms with Gasteiger partial charge in [-0.2, -0.15) is 0 Å². The van der Waals surface area contributed by atoms with Crippen LogP contribution in [0.2, 0.25) is 0 Å². The molecule has 0 atom stereocenters. The van der Waals surface area contributed by atoms with Crippen molar-refractivity contribution < 1.29 is 9.59 Å². The minimum Gasteiger partial charge on any atom is -0.353 e.